The molecule has 11 heteroatoms. The first-order valence-corrected chi connectivity index (χ1v) is 12.3. The number of hydrogen-bond donors (Lipinski definition) is 3. The summed E-state index contributed by atoms with van der Waals surface area (Å²) >= 11 is 0. The summed E-state index contributed by atoms with van der Waals surface area (Å²) < 4.78 is 1.33. The molecule has 0 aliphatic rings. The van der Waals surface area contributed by atoms with Gasteiger partial charge in [0.05, 0.1) is 16.9 Å². The lowest BCUT2D eigenvalue weighted by atomic mass is 9.67. The molecule has 0 spiro atoms. The molecule has 0 aliphatic heterocycles. The van der Waals surface area contributed by atoms with E-state index < -0.39 is 32.8 Å². The lowest BCUT2D eigenvalue weighted by Gasteiger charge is -2.34. The topological polar surface area (TPSA) is 164 Å². The minimum atomic E-state index is -1.58. The van der Waals surface area contributed by atoms with Crippen molar-refractivity contribution in [3.63, 3.8) is 0 Å². The maximum absolute atomic E-state index is 13.6. The molecule has 0 fully saturated rings. The second-order valence-electron chi connectivity index (χ2n) is 9.27. The SMILES string of the molecule is O=c1[nH]cc(C(Cc2ccccc2)(c2ccc([N+](=O)[O-])cc2)c2cn(Cc3ccccc3)c(=O)[nH]c2=O)c(=O)[nH]1. The Morgan fingerprint density at radius 2 is 1.35 bits per heavy atom. The number of non-ortho nitro benzene ring substituents is 1. The number of H-pyrrole nitrogens is 3. The highest BCUT2D eigenvalue weighted by atomic mass is 16.6. The quantitative estimate of drug-likeness (QED) is 0.203. The third-order valence-corrected chi connectivity index (χ3v) is 6.83. The molecule has 5 rings (SSSR count). The van der Waals surface area contributed by atoms with Gasteiger partial charge in [0.2, 0.25) is 0 Å². The van der Waals surface area contributed by atoms with E-state index in [1.807, 2.05) is 48.5 Å². The first-order chi connectivity index (χ1) is 19.3. The van der Waals surface area contributed by atoms with E-state index >= 15 is 0 Å². The number of nitrogens with zero attached hydrogens (tertiary/aromatic N) is 2. The van der Waals surface area contributed by atoms with E-state index in [9.17, 15) is 29.3 Å². The van der Waals surface area contributed by atoms with Crippen LogP contribution in [-0.2, 0) is 18.4 Å². The number of rotatable bonds is 8. The molecule has 1 atom stereocenters. The lowest BCUT2D eigenvalue weighted by molar-refractivity contribution is -0.384. The number of nitro benzene ring substituents is 1. The third-order valence-electron chi connectivity index (χ3n) is 6.83. The number of aromatic amines is 3. The summed E-state index contributed by atoms with van der Waals surface area (Å²) in [5, 5.41) is 11.4. The molecule has 11 nitrogen and oxygen atoms in total. The monoisotopic (exact) mass is 537 g/mol. The molecule has 0 saturated heterocycles. The molecule has 0 bridgehead atoms. The molecular weight excluding hydrogens is 514 g/mol. The van der Waals surface area contributed by atoms with Crippen LogP contribution in [-0.4, -0.2) is 24.4 Å². The zero-order valence-corrected chi connectivity index (χ0v) is 21.0. The fourth-order valence-corrected chi connectivity index (χ4v) is 4.96. The van der Waals surface area contributed by atoms with E-state index in [4.69, 9.17) is 0 Å². The Balaban J connectivity index is 1.87. The van der Waals surface area contributed by atoms with Gasteiger partial charge >= 0.3 is 11.4 Å². The van der Waals surface area contributed by atoms with Gasteiger partial charge in [-0.3, -0.25) is 34.2 Å². The third kappa shape index (κ3) is 4.95. The molecule has 200 valence electrons. The van der Waals surface area contributed by atoms with Gasteiger partial charge in [-0.2, -0.15) is 0 Å². The van der Waals surface area contributed by atoms with Crippen molar-refractivity contribution in [3.05, 3.63) is 177 Å². The van der Waals surface area contributed by atoms with Crippen LogP contribution in [0.1, 0.15) is 27.8 Å². The summed E-state index contributed by atoms with van der Waals surface area (Å²) in [4.78, 5) is 69.9. The summed E-state index contributed by atoms with van der Waals surface area (Å²) in [6.45, 7) is 0.132. The predicted molar refractivity (Wildman–Crippen MR) is 148 cm³/mol. The number of benzene rings is 3. The van der Waals surface area contributed by atoms with Crippen LogP contribution < -0.4 is 22.5 Å². The van der Waals surface area contributed by atoms with E-state index in [-0.39, 0.29) is 29.8 Å². The van der Waals surface area contributed by atoms with Crippen molar-refractivity contribution >= 4 is 5.69 Å². The summed E-state index contributed by atoms with van der Waals surface area (Å²) in [6.07, 6.45) is 2.69. The summed E-state index contributed by atoms with van der Waals surface area (Å²) in [5.74, 6) is 0. The molecular formula is C29H23N5O6. The van der Waals surface area contributed by atoms with Crippen molar-refractivity contribution in [1.29, 1.82) is 0 Å². The largest absolute Gasteiger partial charge is 0.328 e. The fraction of sp³-hybridized carbons (Fsp3) is 0.103. The highest BCUT2D eigenvalue weighted by Gasteiger charge is 2.42. The molecule has 0 saturated carbocycles. The lowest BCUT2D eigenvalue weighted by Crippen LogP contribution is -2.45. The average molecular weight is 538 g/mol. The van der Waals surface area contributed by atoms with E-state index in [0.717, 1.165) is 11.1 Å². The molecule has 2 heterocycles. The molecule has 0 radical (unpaired) electrons. The second kappa shape index (κ2) is 10.7. The van der Waals surface area contributed by atoms with Crippen LogP contribution in [0.5, 0.6) is 0 Å². The van der Waals surface area contributed by atoms with E-state index in [1.165, 1.54) is 41.2 Å². The highest BCUT2D eigenvalue weighted by Crippen LogP contribution is 2.39. The summed E-state index contributed by atoms with van der Waals surface area (Å²) in [6, 6.07) is 23.7. The Kier molecular flexibility index (Phi) is 6.94. The first-order valence-electron chi connectivity index (χ1n) is 12.3. The van der Waals surface area contributed by atoms with Crippen molar-refractivity contribution < 1.29 is 4.92 Å². The molecule has 0 amide bonds. The van der Waals surface area contributed by atoms with Gasteiger partial charge in [-0.1, -0.05) is 72.8 Å². The standard InChI is InChI=1S/C29H23N5O6/c35-25-23(16-30-27(37)31-25)29(15-19-7-3-1-4-8-19,21-11-13-22(14-12-21)34(39)40)24-18-33(28(38)32-26(24)36)17-20-9-5-2-6-10-20/h1-14,16,18H,15,17H2,(H,32,36,38)(H2,30,31,35,37). The summed E-state index contributed by atoms with van der Waals surface area (Å²) in [5.41, 5.74) is -2.69. The van der Waals surface area contributed by atoms with Crippen LogP contribution in [0.3, 0.4) is 0 Å². The van der Waals surface area contributed by atoms with Gasteiger partial charge in [0.1, 0.15) is 0 Å². The molecule has 3 N–H and O–H groups in total. The maximum Gasteiger partial charge on any atom is 0.328 e. The smallest absolute Gasteiger partial charge is 0.314 e. The minimum absolute atomic E-state index is 0.0141. The molecule has 1 unspecified atom stereocenters. The van der Waals surface area contributed by atoms with Gasteiger partial charge < -0.3 is 4.98 Å². The Morgan fingerprint density at radius 1 is 0.750 bits per heavy atom. The molecule has 3 aromatic carbocycles. The number of nitrogens with one attached hydrogen (secondary N) is 3. The van der Waals surface area contributed by atoms with Crippen LogP contribution in [0.25, 0.3) is 0 Å². The second-order valence-corrected chi connectivity index (χ2v) is 9.27. The van der Waals surface area contributed by atoms with Gasteiger partial charge in [0.25, 0.3) is 16.8 Å². The maximum atomic E-state index is 13.6. The molecule has 0 aliphatic carbocycles. The van der Waals surface area contributed by atoms with Gasteiger partial charge in [-0.05, 0) is 23.1 Å². The van der Waals surface area contributed by atoms with Crippen LogP contribution in [0, 0.1) is 10.1 Å². The van der Waals surface area contributed by atoms with Gasteiger partial charge in [-0.15, -0.1) is 0 Å². The number of hydrogen-bond acceptors (Lipinski definition) is 6. The van der Waals surface area contributed by atoms with Crippen LogP contribution in [0.15, 0.2) is 117 Å². The Hall–Kier alpha value is -5.58. The minimum Gasteiger partial charge on any atom is -0.314 e. The van der Waals surface area contributed by atoms with Crippen LogP contribution in [0.4, 0.5) is 5.69 Å². The van der Waals surface area contributed by atoms with Crippen molar-refractivity contribution in [2.45, 2.75) is 18.4 Å². The van der Waals surface area contributed by atoms with E-state index in [1.54, 1.807) is 12.1 Å². The van der Waals surface area contributed by atoms with Crippen molar-refractivity contribution in [1.82, 2.24) is 19.5 Å². The average Bonchev–Trinajstić information content (AvgIpc) is 2.95. The Morgan fingerprint density at radius 3 is 1.95 bits per heavy atom. The van der Waals surface area contributed by atoms with Crippen molar-refractivity contribution in [2.24, 2.45) is 0 Å². The molecule has 40 heavy (non-hydrogen) atoms. The number of nitro groups is 1. The predicted octanol–water partition coefficient (Wildman–Crippen LogP) is 2.45. The van der Waals surface area contributed by atoms with Crippen molar-refractivity contribution in [2.75, 3.05) is 0 Å². The normalized spacial score (nSPS) is 12.5. The fourth-order valence-electron chi connectivity index (χ4n) is 4.96. The van der Waals surface area contributed by atoms with Crippen LogP contribution in [0.2, 0.25) is 0 Å². The van der Waals surface area contributed by atoms with E-state index in [2.05, 4.69) is 15.0 Å². The highest BCUT2D eigenvalue weighted by molar-refractivity contribution is 5.51. The van der Waals surface area contributed by atoms with E-state index in [0.29, 0.717) is 5.56 Å². The van der Waals surface area contributed by atoms with Gasteiger partial charge in [0.15, 0.2) is 0 Å². The molecule has 2 aromatic heterocycles. The van der Waals surface area contributed by atoms with Gasteiger partial charge in [0, 0.05) is 35.7 Å². The first kappa shape index (κ1) is 26.0. The number of aromatic nitrogens is 4. The van der Waals surface area contributed by atoms with Crippen molar-refractivity contribution in [3.8, 4) is 0 Å². The zero-order valence-electron chi connectivity index (χ0n) is 21.0. The Bertz CT molecular complexity index is 1910. The van der Waals surface area contributed by atoms with Gasteiger partial charge in [-0.25, -0.2) is 9.59 Å². The summed E-state index contributed by atoms with van der Waals surface area (Å²) in [7, 11) is 0. The van der Waals surface area contributed by atoms with Crippen LogP contribution >= 0.6 is 0 Å². The molecule has 5 aromatic rings. The Labute approximate surface area is 225 Å². The zero-order chi connectivity index (χ0) is 28.3.